The van der Waals surface area contributed by atoms with Crippen LogP contribution in [0.1, 0.15) is 33.3 Å². The molecule has 0 unspecified atom stereocenters. The van der Waals surface area contributed by atoms with Gasteiger partial charge in [0, 0.05) is 55.6 Å². The SMILES string of the molecule is COc1cccc(-c2nc3ccc(-c4ccc(C(C)=O)cc4)cn3c2CN2CCN(C(=O)c3ccc(F)cc3)CC2)c1. The van der Waals surface area contributed by atoms with E-state index in [-0.39, 0.29) is 17.5 Å². The van der Waals surface area contributed by atoms with Gasteiger partial charge in [-0.2, -0.15) is 0 Å². The number of hydrogen-bond donors (Lipinski definition) is 0. The van der Waals surface area contributed by atoms with Crippen LogP contribution in [0.4, 0.5) is 4.39 Å². The molecule has 6 rings (SSSR count). The molecule has 3 heterocycles. The zero-order valence-corrected chi connectivity index (χ0v) is 23.6. The average Bonchev–Trinajstić information content (AvgIpc) is 3.39. The number of carbonyl (C=O) groups excluding carboxylic acids is 2. The molecule has 0 N–H and O–H groups in total. The Kier molecular flexibility index (Phi) is 7.54. The number of ketones is 1. The highest BCUT2D eigenvalue weighted by atomic mass is 19.1. The number of Topliss-reactive ketones (excluding diaryl/α,β-unsaturated/α-hetero) is 1. The molecule has 0 atom stereocenters. The Morgan fingerprint density at radius 3 is 2.21 bits per heavy atom. The fraction of sp³-hybridized carbons (Fsp3) is 0.206. The molecule has 1 aliphatic rings. The largest absolute Gasteiger partial charge is 0.497 e. The summed E-state index contributed by atoms with van der Waals surface area (Å²) in [7, 11) is 1.65. The summed E-state index contributed by atoms with van der Waals surface area (Å²) in [6, 6.07) is 25.3. The van der Waals surface area contributed by atoms with Gasteiger partial charge in [0.05, 0.1) is 18.5 Å². The topological polar surface area (TPSA) is 67.2 Å². The number of nitrogens with zero attached hydrogens (tertiary/aromatic N) is 4. The lowest BCUT2D eigenvalue weighted by atomic mass is 10.0. The lowest BCUT2D eigenvalue weighted by Gasteiger charge is -2.34. The van der Waals surface area contributed by atoms with Gasteiger partial charge in [-0.25, -0.2) is 9.37 Å². The molecule has 1 aliphatic heterocycles. The normalized spacial score (nSPS) is 13.8. The predicted octanol–water partition coefficient (Wildman–Crippen LogP) is 5.98. The molecule has 0 bridgehead atoms. The van der Waals surface area contributed by atoms with Gasteiger partial charge in [-0.15, -0.1) is 0 Å². The van der Waals surface area contributed by atoms with Gasteiger partial charge in [0.2, 0.25) is 0 Å². The maximum atomic E-state index is 13.3. The van der Waals surface area contributed by atoms with Gasteiger partial charge in [0.15, 0.2) is 5.78 Å². The maximum absolute atomic E-state index is 13.3. The third-order valence-electron chi connectivity index (χ3n) is 7.81. The summed E-state index contributed by atoms with van der Waals surface area (Å²) in [5.74, 6) is 0.361. The van der Waals surface area contributed by atoms with Crippen LogP contribution in [0.3, 0.4) is 0 Å². The molecule has 5 aromatic rings. The molecule has 0 radical (unpaired) electrons. The second kappa shape index (κ2) is 11.6. The van der Waals surface area contributed by atoms with Crippen LogP contribution in [0, 0.1) is 5.82 Å². The minimum atomic E-state index is -0.354. The van der Waals surface area contributed by atoms with Gasteiger partial charge >= 0.3 is 0 Å². The Morgan fingerprint density at radius 2 is 1.52 bits per heavy atom. The number of fused-ring (bicyclic) bond motifs is 1. The van der Waals surface area contributed by atoms with Gasteiger partial charge in [-0.05, 0) is 66.6 Å². The summed E-state index contributed by atoms with van der Waals surface area (Å²) >= 11 is 0. The van der Waals surface area contributed by atoms with Crippen molar-refractivity contribution in [2.45, 2.75) is 13.5 Å². The fourth-order valence-corrected chi connectivity index (χ4v) is 5.41. The number of pyridine rings is 1. The van der Waals surface area contributed by atoms with Crippen molar-refractivity contribution in [2.75, 3.05) is 33.3 Å². The Balaban J connectivity index is 1.31. The standard InChI is InChI=1S/C34H31FN4O3/c1-23(40)24-6-8-25(9-7-24)28-12-15-32-36-33(27-4-3-5-30(20-27)42-2)31(39(32)21-28)22-37-16-18-38(19-17-37)34(41)26-10-13-29(35)14-11-26/h3-15,20-21H,16-19,22H2,1-2H3. The minimum absolute atomic E-state index is 0.0382. The van der Waals surface area contributed by atoms with Crippen molar-refractivity contribution in [3.05, 3.63) is 114 Å². The zero-order chi connectivity index (χ0) is 29.2. The van der Waals surface area contributed by atoms with Crippen LogP contribution in [0.15, 0.2) is 91.1 Å². The highest BCUT2D eigenvalue weighted by Crippen LogP contribution is 2.31. The average molecular weight is 563 g/mol. The van der Waals surface area contributed by atoms with Crippen LogP contribution in [0.25, 0.3) is 28.0 Å². The van der Waals surface area contributed by atoms with E-state index < -0.39 is 0 Å². The molecule has 0 saturated carbocycles. The van der Waals surface area contributed by atoms with E-state index in [1.54, 1.807) is 14.0 Å². The second-order valence-electron chi connectivity index (χ2n) is 10.5. The quantitative estimate of drug-likeness (QED) is 0.229. The van der Waals surface area contributed by atoms with Gasteiger partial charge in [0.1, 0.15) is 17.2 Å². The molecule has 8 heteroatoms. The third-order valence-corrected chi connectivity index (χ3v) is 7.81. The van der Waals surface area contributed by atoms with Crippen LogP contribution in [0.5, 0.6) is 5.75 Å². The van der Waals surface area contributed by atoms with E-state index in [1.165, 1.54) is 24.3 Å². The van der Waals surface area contributed by atoms with Crippen molar-refractivity contribution >= 4 is 17.3 Å². The summed E-state index contributed by atoms with van der Waals surface area (Å²) in [5, 5.41) is 0. The number of ether oxygens (including phenoxy) is 1. The number of piperazine rings is 1. The molecular formula is C34H31FN4O3. The van der Waals surface area contributed by atoms with Crippen LogP contribution in [0.2, 0.25) is 0 Å². The maximum Gasteiger partial charge on any atom is 0.253 e. The van der Waals surface area contributed by atoms with Crippen LogP contribution in [-0.2, 0) is 6.54 Å². The molecular weight excluding hydrogens is 531 g/mol. The molecule has 0 aliphatic carbocycles. The number of amides is 1. The van der Waals surface area contributed by atoms with Gasteiger partial charge in [-0.1, -0.05) is 36.4 Å². The fourth-order valence-electron chi connectivity index (χ4n) is 5.41. The Hall–Kier alpha value is -4.82. The van der Waals surface area contributed by atoms with E-state index >= 15 is 0 Å². The molecule has 0 spiro atoms. The molecule has 1 saturated heterocycles. The summed E-state index contributed by atoms with van der Waals surface area (Å²) in [4.78, 5) is 33.9. The van der Waals surface area contributed by atoms with Crippen LogP contribution in [-0.4, -0.2) is 64.2 Å². The monoisotopic (exact) mass is 562 g/mol. The van der Waals surface area contributed by atoms with E-state index in [1.807, 2.05) is 65.6 Å². The highest BCUT2D eigenvalue weighted by molar-refractivity contribution is 5.95. The number of rotatable bonds is 7. The summed E-state index contributed by atoms with van der Waals surface area (Å²) < 4.78 is 21.0. The Bertz CT molecular complexity index is 1750. The summed E-state index contributed by atoms with van der Waals surface area (Å²) in [5.41, 5.74) is 6.92. The van der Waals surface area contributed by atoms with Gasteiger partial charge in [-0.3, -0.25) is 14.5 Å². The van der Waals surface area contributed by atoms with Gasteiger partial charge < -0.3 is 14.0 Å². The van der Waals surface area contributed by atoms with Crippen molar-refractivity contribution in [1.82, 2.24) is 19.2 Å². The van der Waals surface area contributed by atoms with E-state index in [2.05, 4.69) is 15.5 Å². The molecule has 1 fully saturated rings. The van der Waals surface area contributed by atoms with Crippen molar-refractivity contribution < 1.29 is 18.7 Å². The molecule has 2 aromatic heterocycles. The van der Waals surface area contributed by atoms with E-state index in [9.17, 15) is 14.0 Å². The number of hydrogen-bond acceptors (Lipinski definition) is 5. The second-order valence-corrected chi connectivity index (χ2v) is 10.5. The molecule has 212 valence electrons. The summed E-state index contributed by atoms with van der Waals surface area (Å²) in [6.07, 6.45) is 2.10. The van der Waals surface area contributed by atoms with E-state index in [4.69, 9.17) is 9.72 Å². The molecule has 42 heavy (non-hydrogen) atoms. The minimum Gasteiger partial charge on any atom is -0.497 e. The lowest BCUT2D eigenvalue weighted by molar-refractivity contribution is 0.0626. The molecule has 7 nitrogen and oxygen atoms in total. The number of methoxy groups -OCH3 is 1. The van der Waals surface area contributed by atoms with E-state index in [0.29, 0.717) is 43.9 Å². The van der Waals surface area contributed by atoms with Crippen molar-refractivity contribution in [1.29, 1.82) is 0 Å². The number of carbonyl (C=O) groups is 2. The first-order valence-corrected chi connectivity index (χ1v) is 13.9. The Morgan fingerprint density at radius 1 is 0.833 bits per heavy atom. The number of halogens is 1. The lowest BCUT2D eigenvalue weighted by Crippen LogP contribution is -2.48. The van der Waals surface area contributed by atoms with Crippen LogP contribution >= 0.6 is 0 Å². The zero-order valence-electron chi connectivity index (χ0n) is 23.6. The van der Waals surface area contributed by atoms with Crippen molar-refractivity contribution in [2.24, 2.45) is 0 Å². The number of aromatic nitrogens is 2. The first kappa shape index (κ1) is 27.4. The summed E-state index contributed by atoms with van der Waals surface area (Å²) in [6.45, 7) is 4.76. The number of benzene rings is 3. The Labute approximate surface area is 243 Å². The molecule has 1 amide bonds. The predicted molar refractivity (Wildman–Crippen MR) is 160 cm³/mol. The third kappa shape index (κ3) is 5.53. The van der Waals surface area contributed by atoms with Crippen LogP contribution < -0.4 is 4.74 Å². The highest BCUT2D eigenvalue weighted by Gasteiger charge is 2.25. The van der Waals surface area contributed by atoms with Crippen molar-refractivity contribution in [3.63, 3.8) is 0 Å². The van der Waals surface area contributed by atoms with E-state index in [0.717, 1.165) is 39.5 Å². The smallest absolute Gasteiger partial charge is 0.253 e. The van der Waals surface area contributed by atoms with Gasteiger partial charge in [0.25, 0.3) is 5.91 Å². The molecule has 3 aromatic carbocycles. The number of imidazole rings is 1. The first-order valence-electron chi connectivity index (χ1n) is 13.9. The first-order chi connectivity index (χ1) is 20.4. The van der Waals surface area contributed by atoms with Crippen molar-refractivity contribution in [3.8, 4) is 28.1 Å².